The molecule has 2 rings (SSSR count). The maximum absolute atomic E-state index is 5.97. The van der Waals surface area contributed by atoms with E-state index >= 15 is 0 Å². The lowest BCUT2D eigenvalue weighted by molar-refractivity contribution is 0.111. The molecule has 0 aliphatic heterocycles. The molecule has 2 heterocycles. The molecule has 0 amide bonds. The van der Waals surface area contributed by atoms with E-state index in [2.05, 4.69) is 14.9 Å². The van der Waals surface area contributed by atoms with Gasteiger partial charge >= 0.3 is 0 Å². The Labute approximate surface area is 129 Å². The maximum atomic E-state index is 5.97. The summed E-state index contributed by atoms with van der Waals surface area (Å²) in [4.78, 5) is 11.0. The van der Waals surface area contributed by atoms with Gasteiger partial charge in [-0.3, -0.25) is 0 Å². The molecule has 0 N–H and O–H groups in total. The highest BCUT2D eigenvalue weighted by atomic mass is 35.5. The number of fused-ring (bicyclic) bond motifs is 1. The molecule has 0 atom stereocenters. The molecule has 0 aliphatic carbocycles. The summed E-state index contributed by atoms with van der Waals surface area (Å²) in [5.41, 5.74) is 1.60. The number of halogens is 1. The zero-order valence-electron chi connectivity index (χ0n) is 12.7. The predicted molar refractivity (Wildman–Crippen MR) is 83.0 cm³/mol. The van der Waals surface area contributed by atoms with Crippen molar-refractivity contribution in [3.8, 4) is 5.88 Å². The second kappa shape index (κ2) is 7.59. The number of hydrogen-bond donors (Lipinski definition) is 0. The van der Waals surface area contributed by atoms with Crippen LogP contribution < -0.4 is 4.74 Å². The van der Waals surface area contributed by atoms with Crippen molar-refractivity contribution in [1.29, 1.82) is 0 Å². The molecule has 2 aromatic heterocycles. The first-order valence-corrected chi connectivity index (χ1v) is 7.37. The van der Waals surface area contributed by atoms with E-state index in [-0.39, 0.29) is 0 Å². The fourth-order valence-corrected chi connectivity index (χ4v) is 2.19. The van der Waals surface area contributed by atoms with Gasteiger partial charge in [0, 0.05) is 19.2 Å². The molecule has 0 radical (unpaired) electrons. The number of hydrogen-bond acceptors (Lipinski definition) is 5. The van der Waals surface area contributed by atoms with Crippen LogP contribution in [0.4, 0.5) is 0 Å². The monoisotopic (exact) mass is 312 g/mol. The Morgan fingerprint density at radius 3 is 2.71 bits per heavy atom. The second-order valence-electron chi connectivity index (χ2n) is 4.93. The van der Waals surface area contributed by atoms with Crippen LogP contribution in [0.3, 0.4) is 0 Å². The van der Waals surface area contributed by atoms with Crippen LogP contribution in [-0.4, -0.2) is 60.4 Å². The van der Waals surface area contributed by atoms with Gasteiger partial charge in [-0.2, -0.15) is 4.98 Å². The van der Waals surface area contributed by atoms with Gasteiger partial charge in [0.15, 0.2) is 5.65 Å². The summed E-state index contributed by atoms with van der Waals surface area (Å²) in [5.74, 6) is 1.71. The van der Waals surface area contributed by atoms with Gasteiger partial charge in [0.05, 0.1) is 26.2 Å². The van der Waals surface area contributed by atoms with Crippen LogP contribution in [-0.2, 0) is 17.2 Å². The highest BCUT2D eigenvalue weighted by molar-refractivity contribution is 6.16. The fourth-order valence-electron chi connectivity index (χ4n) is 1.99. The van der Waals surface area contributed by atoms with Crippen molar-refractivity contribution in [3.05, 3.63) is 18.0 Å². The summed E-state index contributed by atoms with van der Waals surface area (Å²) in [7, 11) is 5.64. The number of rotatable bonds is 8. The summed E-state index contributed by atoms with van der Waals surface area (Å²) in [6, 6.07) is 3.69. The third-order valence-electron chi connectivity index (χ3n) is 3.12. The number of pyridine rings is 1. The minimum Gasteiger partial charge on any atom is -0.481 e. The van der Waals surface area contributed by atoms with Crippen LogP contribution in [0, 0.1) is 0 Å². The Kier molecular flexibility index (Phi) is 5.78. The van der Waals surface area contributed by atoms with Crippen molar-refractivity contribution in [2.45, 2.75) is 12.4 Å². The third-order valence-corrected chi connectivity index (χ3v) is 3.36. The first-order valence-electron chi connectivity index (χ1n) is 6.84. The lowest BCUT2D eigenvalue weighted by Gasteiger charge is -2.11. The lowest BCUT2D eigenvalue weighted by Crippen LogP contribution is -2.19. The Hall–Kier alpha value is -1.37. The Morgan fingerprint density at radius 2 is 2.05 bits per heavy atom. The largest absolute Gasteiger partial charge is 0.481 e. The number of likely N-dealkylation sites (N-methyl/N-ethyl adjacent to an activating group) is 1. The molecule has 2 aromatic rings. The molecule has 0 spiro atoms. The number of methoxy groups -OCH3 is 1. The number of imidazole rings is 1. The highest BCUT2D eigenvalue weighted by Crippen LogP contribution is 2.19. The molecular weight excluding hydrogens is 292 g/mol. The van der Waals surface area contributed by atoms with Gasteiger partial charge < -0.3 is 18.9 Å². The number of ether oxygens (including phenoxy) is 2. The van der Waals surface area contributed by atoms with Crippen molar-refractivity contribution in [2.75, 3.05) is 41.0 Å². The molecule has 0 aromatic carbocycles. The number of alkyl halides is 1. The fraction of sp³-hybridized carbons (Fsp3) is 0.571. The third kappa shape index (κ3) is 4.06. The molecule has 0 saturated heterocycles. The van der Waals surface area contributed by atoms with Crippen LogP contribution in [0.25, 0.3) is 11.2 Å². The van der Waals surface area contributed by atoms with Gasteiger partial charge in [-0.05, 0) is 20.2 Å². The number of nitrogens with zero attached hydrogens (tertiary/aromatic N) is 4. The van der Waals surface area contributed by atoms with Gasteiger partial charge in [0.2, 0.25) is 5.88 Å². The standard InChI is InChI=1S/C14H21ClN4O2/c1-18(2)6-8-21-9-7-19-12(10-15)16-11-4-5-13(20-3)17-14(11)19/h4-5H,6-10H2,1-3H3. The minimum absolute atomic E-state index is 0.344. The van der Waals surface area contributed by atoms with Crippen molar-refractivity contribution in [3.63, 3.8) is 0 Å². The molecule has 116 valence electrons. The van der Waals surface area contributed by atoms with Crippen molar-refractivity contribution in [1.82, 2.24) is 19.4 Å². The van der Waals surface area contributed by atoms with E-state index in [1.54, 1.807) is 13.2 Å². The van der Waals surface area contributed by atoms with Crippen LogP contribution in [0.5, 0.6) is 5.88 Å². The molecule has 6 nitrogen and oxygen atoms in total. The first kappa shape index (κ1) is 16.0. The smallest absolute Gasteiger partial charge is 0.215 e. The Bertz CT molecular complexity index is 586. The average molecular weight is 313 g/mol. The molecule has 7 heteroatoms. The average Bonchev–Trinajstić information content (AvgIpc) is 2.83. The van der Waals surface area contributed by atoms with Gasteiger partial charge in [0.1, 0.15) is 11.3 Å². The zero-order valence-corrected chi connectivity index (χ0v) is 13.4. The van der Waals surface area contributed by atoms with Crippen LogP contribution in [0.2, 0.25) is 0 Å². The van der Waals surface area contributed by atoms with Gasteiger partial charge in [-0.25, -0.2) is 4.98 Å². The highest BCUT2D eigenvalue weighted by Gasteiger charge is 2.12. The molecule has 0 fully saturated rings. The van der Waals surface area contributed by atoms with Crippen LogP contribution >= 0.6 is 11.6 Å². The van der Waals surface area contributed by atoms with Crippen molar-refractivity contribution < 1.29 is 9.47 Å². The molecule has 21 heavy (non-hydrogen) atoms. The summed E-state index contributed by atoms with van der Waals surface area (Å²) < 4.78 is 12.8. The topological polar surface area (TPSA) is 52.4 Å². The quantitative estimate of drug-likeness (QED) is 0.549. The zero-order chi connectivity index (χ0) is 15.2. The van der Waals surface area contributed by atoms with Gasteiger partial charge in [-0.1, -0.05) is 0 Å². The Balaban J connectivity index is 2.09. The van der Waals surface area contributed by atoms with E-state index < -0.39 is 0 Å². The lowest BCUT2D eigenvalue weighted by atomic mass is 10.4. The molecule has 0 bridgehead atoms. The van der Waals surface area contributed by atoms with E-state index in [9.17, 15) is 0 Å². The Morgan fingerprint density at radius 1 is 1.24 bits per heavy atom. The summed E-state index contributed by atoms with van der Waals surface area (Å²) in [6.45, 7) is 2.87. The van der Waals surface area contributed by atoms with Gasteiger partial charge in [-0.15, -0.1) is 11.6 Å². The molecule has 0 unspecified atom stereocenters. The van der Waals surface area contributed by atoms with E-state index in [0.717, 1.165) is 23.5 Å². The van der Waals surface area contributed by atoms with Crippen LogP contribution in [0.15, 0.2) is 12.1 Å². The molecule has 0 aliphatic rings. The number of aromatic nitrogens is 3. The van der Waals surface area contributed by atoms with E-state index in [1.807, 2.05) is 24.7 Å². The minimum atomic E-state index is 0.344. The first-order chi connectivity index (χ1) is 10.2. The second-order valence-corrected chi connectivity index (χ2v) is 5.19. The summed E-state index contributed by atoms with van der Waals surface area (Å²) >= 11 is 5.97. The normalized spacial score (nSPS) is 11.5. The summed E-state index contributed by atoms with van der Waals surface area (Å²) in [6.07, 6.45) is 0. The van der Waals surface area contributed by atoms with Crippen molar-refractivity contribution in [2.24, 2.45) is 0 Å². The van der Waals surface area contributed by atoms with E-state index in [1.165, 1.54) is 0 Å². The van der Waals surface area contributed by atoms with E-state index in [0.29, 0.717) is 31.5 Å². The summed E-state index contributed by atoms with van der Waals surface area (Å²) in [5, 5.41) is 0. The van der Waals surface area contributed by atoms with Gasteiger partial charge in [0.25, 0.3) is 0 Å². The van der Waals surface area contributed by atoms with Crippen molar-refractivity contribution >= 4 is 22.8 Å². The SMILES string of the molecule is COc1ccc2nc(CCl)n(CCOCCN(C)C)c2n1. The molecular formula is C14H21ClN4O2. The molecule has 0 saturated carbocycles. The van der Waals surface area contributed by atoms with Crippen LogP contribution in [0.1, 0.15) is 5.82 Å². The predicted octanol–water partition coefficient (Wildman–Crippen LogP) is 1.76. The maximum Gasteiger partial charge on any atom is 0.215 e. The van der Waals surface area contributed by atoms with E-state index in [4.69, 9.17) is 21.1 Å².